The largest absolute Gasteiger partial charge is 0.468 e. The van der Waals surface area contributed by atoms with Crippen molar-refractivity contribution in [2.45, 2.75) is 0 Å². The number of esters is 1. The van der Waals surface area contributed by atoms with Crippen LogP contribution in [0.1, 0.15) is 15.9 Å². The van der Waals surface area contributed by atoms with Crippen LogP contribution in [0, 0.1) is 11.8 Å². The SMILES string of the molecule is COC(=O)CNC(=O)c1ccccc1C#CCO. The second-order valence-electron chi connectivity index (χ2n) is 3.26. The van der Waals surface area contributed by atoms with E-state index in [2.05, 4.69) is 21.9 Å². The van der Waals surface area contributed by atoms with Crippen molar-refractivity contribution in [3.8, 4) is 11.8 Å². The number of hydrogen-bond acceptors (Lipinski definition) is 4. The summed E-state index contributed by atoms with van der Waals surface area (Å²) < 4.78 is 4.42. The fourth-order valence-corrected chi connectivity index (χ4v) is 1.24. The molecule has 0 atom stereocenters. The molecule has 0 bridgehead atoms. The lowest BCUT2D eigenvalue weighted by Gasteiger charge is -2.05. The van der Waals surface area contributed by atoms with Crippen LogP contribution in [0.25, 0.3) is 0 Å². The summed E-state index contributed by atoms with van der Waals surface area (Å²) in [7, 11) is 1.25. The van der Waals surface area contributed by atoms with Gasteiger partial charge in [0, 0.05) is 5.56 Å². The number of carbonyl (C=O) groups is 2. The van der Waals surface area contributed by atoms with E-state index in [-0.39, 0.29) is 13.2 Å². The molecule has 0 aliphatic carbocycles. The van der Waals surface area contributed by atoms with Gasteiger partial charge in [0.25, 0.3) is 5.91 Å². The maximum atomic E-state index is 11.8. The molecule has 0 unspecified atom stereocenters. The highest BCUT2D eigenvalue weighted by Gasteiger charge is 2.10. The van der Waals surface area contributed by atoms with Gasteiger partial charge in [-0.2, -0.15) is 0 Å². The van der Waals surface area contributed by atoms with Crippen molar-refractivity contribution in [2.24, 2.45) is 0 Å². The van der Waals surface area contributed by atoms with Crippen molar-refractivity contribution in [1.82, 2.24) is 5.32 Å². The molecular weight excluding hydrogens is 234 g/mol. The number of benzene rings is 1. The van der Waals surface area contributed by atoms with Gasteiger partial charge in [0.15, 0.2) is 0 Å². The number of nitrogens with one attached hydrogen (secondary N) is 1. The van der Waals surface area contributed by atoms with Crippen LogP contribution in [0.15, 0.2) is 24.3 Å². The molecule has 18 heavy (non-hydrogen) atoms. The van der Waals surface area contributed by atoms with Gasteiger partial charge in [0.2, 0.25) is 0 Å². The first kappa shape index (κ1) is 13.7. The zero-order chi connectivity index (χ0) is 13.4. The predicted octanol–water partition coefficient (Wildman–Crippen LogP) is -0.0668. The number of rotatable bonds is 3. The third-order valence-corrected chi connectivity index (χ3v) is 2.09. The third-order valence-electron chi connectivity index (χ3n) is 2.09. The molecule has 0 fully saturated rings. The Labute approximate surface area is 105 Å². The molecule has 2 N–H and O–H groups in total. The summed E-state index contributed by atoms with van der Waals surface area (Å²) in [5.74, 6) is 4.20. The van der Waals surface area contributed by atoms with E-state index in [4.69, 9.17) is 5.11 Å². The van der Waals surface area contributed by atoms with Crippen molar-refractivity contribution in [1.29, 1.82) is 0 Å². The molecule has 0 aliphatic rings. The summed E-state index contributed by atoms with van der Waals surface area (Å²) in [5, 5.41) is 11.1. The van der Waals surface area contributed by atoms with Gasteiger partial charge in [-0.05, 0) is 12.1 Å². The predicted molar refractivity (Wildman–Crippen MR) is 64.8 cm³/mol. The minimum absolute atomic E-state index is 0.197. The number of hydrogen-bond donors (Lipinski definition) is 2. The molecular formula is C13H13NO4. The minimum atomic E-state index is -0.526. The Morgan fingerprint density at radius 3 is 2.78 bits per heavy atom. The molecule has 0 saturated carbocycles. The van der Waals surface area contributed by atoms with Crippen molar-refractivity contribution < 1.29 is 19.4 Å². The molecule has 0 heterocycles. The summed E-state index contributed by atoms with van der Waals surface area (Å²) in [4.78, 5) is 22.7. The van der Waals surface area contributed by atoms with E-state index in [1.807, 2.05) is 0 Å². The molecule has 0 saturated heterocycles. The Kier molecular flexibility index (Phi) is 5.42. The van der Waals surface area contributed by atoms with E-state index in [1.165, 1.54) is 7.11 Å². The number of ether oxygens (including phenoxy) is 1. The fraction of sp³-hybridized carbons (Fsp3) is 0.231. The number of aliphatic hydroxyl groups is 1. The first-order valence-electron chi connectivity index (χ1n) is 5.22. The average molecular weight is 247 g/mol. The first-order chi connectivity index (χ1) is 8.69. The normalized spacial score (nSPS) is 9.00. The molecule has 5 heteroatoms. The van der Waals surface area contributed by atoms with Gasteiger partial charge in [-0.1, -0.05) is 24.0 Å². The zero-order valence-corrected chi connectivity index (χ0v) is 9.90. The monoisotopic (exact) mass is 247 g/mol. The van der Waals surface area contributed by atoms with E-state index in [0.29, 0.717) is 11.1 Å². The van der Waals surface area contributed by atoms with E-state index in [1.54, 1.807) is 24.3 Å². The summed E-state index contributed by atoms with van der Waals surface area (Å²) in [6.07, 6.45) is 0. The van der Waals surface area contributed by atoms with Crippen molar-refractivity contribution in [3.05, 3.63) is 35.4 Å². The molecule has 0 spiro atoms. The molecule has 1 amide bonds. The topological polar surface area (TPSA) is 75.6 Å². The van der Waals surface area contributed by atoms with Crippen LogP contribution in [0.4, 0.5) is 0 Å². The Hall–Kier alpha value is -2.32. The standard InChI is InChI=1S/C13H13NO4/c1-18-12(16)9-14-13(17)11-7-3-2-5-10(11)6-4-8-15/h2-3,5,7,15H,8-9H2,1H3,(H,14,17). The zero-order valence-electron chi connectivity index (χ0n) is 9.90. The lowest BCUT2D eigenvalue weighted by molar-refractivity contribution is -0.139. The van der Waals surface area contributed by atoms with Crippen molar-refractivity contribution in [2.75, 3.05) is 20.3 Å². The van der Waals surface area contributed by atoms with Crippen LogP contribution in [-0.4, -0.2) is 37.2 Å². The van der Waals surface area contributed by atoms with Crippen LogP contribution >= 0.6 is 0 Å². The van der Waals surface area contributed by atoms with Crippen LogP contribution in [-0.2, 0) is 9.53 Å². The molecule has 0 radical (unpaired) electrons. The Balaban J connectivity index is 2.82. The van der Waals surface area contributed by atoms with Crippen LogP contribution in [0.5, 0.6) is 0 Å². The van der Waals surface area contributed by atoms with Gasteiger partial charge in [-0.3, -0.25) is 9.59 Å². The smallest absolute Gasteiger partial charge is 0.325 e. The number of amides is 1. The number of methoxy groups -OCH3 is 1. The molecule has 0 aromatic heterocycles. The van der Waals surface area contributed by atoms with Gasteiger partial charge < -0.3 is 15.2 Å². The maximum Gasteiger partial charge on any atom is 0.325 e. The summed E-state index contributed by atoms with van der Waals surface area (Å²) in [6.45, 7) is -0.477. The van der Waals surface area contributed by atoms with E-state index >= 15 is 0 Å². The van der Waals surface area contributed by atoms with E-state index < -0.39 is 11.9 Å². The van der Waals surface area contributed by atoms with Crippen molar-refractivity contribution in [3.63, 3.8) is 0 Å². The Bertz CT molecular complexity index is 499. The van der Waals surface area contributed by atoms with Crippen molar-refractivity contribution >= 4 is 11.9 Å². The first-order valence-corrected chi connectivity index (χ1v) is 5.22. The Morgan fingerprint density at radius 2 is 2.11 bits per heavy atom. The maximum absolute atomic E-state index is 11.8. The third kappa shape index (κ3) is 3.92. The lowest BCUT2D eigenvalue weighted by atomic mass is 10.1. The molecule has 5 nitrogen and oxygen atoms in total. The molecule has 94 valence electrons. The summed E-state index contributed by atoms with van der Waals surface area (Å²) in [5.41, 5.74) is 0.844. The molecule has 1 aromatic carbocycles. The second-order valence-corrected chi connectivity index (χ2v) is 3.26. The van der Waals surface area contributed by atoms with Gasteiger partial charge in [0.05, 0.1) is 12.7 Å². The fourth-order valence-electron chi connectivity index (χ4n) is 1.24. The van der Waals surface area contributed by atoms with Gasteiger partial charge >= 0.3 is 5.97 Å². The van der Waals surface area contributed by atoms with E-state index in [0.717, 1.165) is 0 Å². The summed E-state index contributed by atoms with van der Waals surface area (Å²) >= 11 is 0. The van der Waals surface area contributed by atoms with E-state index in [9.17, 15) is 9.59 Å². The highest BCUT2D eigenvalue weighted by Crippen LogP contribution is 2.06. The highest BCUT2D eigenvalue weighted by molar-refractivity contribution is 5.98. The molecule has 0 aliphatic heterocycles. The van der Waals surface area contributed by atoms with Crippen LogP contribution in [0.3, 0.4) is 0 Å². The highest BCUT2D eigenvalue weighted by atomic mass is 16.5. The minimum Gasteiger partial charge on any atom is -0.468 e. The second kappa shape index (κ2) is 7.09. The molecule has 1 aromatic rings. The Morgan fingerprint density at radius 1 is 1.39 bits per heavy atom. The average Bonchev–Trinajstić information content (AvgIpc) is 2.42. The number of aliphatic hydroxyl groups excluding tert-OH is 1. The number of carbonyl (C=O) groups excluding carboxylic acids is 2. The van der Waals surface area contributed by atoms with Gasteiger partial charge in [-0.15, -0.1) is 0 Å². The lowest BCUT2D eigenvalue weighted by Crippen LogP contribution is -2.30. The van der Waals surface area contributed by atoms with Crippen LogP contribution in [0.2, 0.25) is 0 Å². The van der Waals surface area contributed by atoms with Gasteiger partial charge in [-0.25, -0.2) is 0 Å². The van der Waals surface area contributed by atoms with Crippen LogP contribution < -0.4 is 5.32 Å². The molecule has 1 rings (SSSR count). The summed E-state index contributed by atoms with van der Waals surface area (Å²) in [6, 6.07) is 6.68. The quantitative estimate of drug-likeness (QED) is 0.579. The van der Waals surface area contributed by atoms with Gasteiger partial charge in [0.1, 0.15) is 13.2 Å².